The topological polar surface area (TPSA) is 84.4 Å². The van der Waals surface area contributed by atoms with Gasteiger partial charge in [-0.3, -0.25) is 0 Å². The molecule has 1 aromatic carbocycles. The lowest BCUT2D eigenvalue weighted by atomic mass is 10.3. The molecule has 0 radical (unpaired) electrons. The van der Waals surface area contributed by atoms with Crippen molar-refractivity contribution in [1.29, 1.82) is 0 Å². The first-order valence-corrected chi connectivity index (χ1v) is 10.1. The molecule has 1 fully saturated rings. The van der Waals surface area contributed by atoms with Crippen LogP contribution in [0.15, 0.2) is 35.2 Å². The third-order valence-corrected chi connectivity index (χ3v) is 5.53. The molecule has 1 saturated heterocycles. The highest BCUT2D eigenvalue weighted by molar-refractivity contribution is 7.89. The Labute approximate surface area is 160 Å². The highest BCUT2D eigenvalue weighted by Crippen LogP contribution is 2.29. The molecule has 0 unspecified atom stereocenters. The molecule has 0 saturated carbocycles. The molecule has 1 aliphatic rings. The minimum Gasteiger partial charge on any atom is -0.404 e. The van der Waals surface area contributed by atoms with Crippen molar-refractivity contribution in [3.05, 3.63) is 41.7 Å². The maximum atomic E-state index is 12.5. The molecule has 0 aliphatic carbocycles. The quantitative estimate of drug-likeness (QED) is 0.780. The lowest BCUT2D eigenvalue weighted by Crippen LogP contribution is -2.27. The summed E-state index contributed by atoms with van der Waals surface area (Å²) in [4.78, 5) is 10.1. The number of alkyl halides is 3. The number of halogens is 3. The van der Waals surface area contributed by atoms with Crippen LogP contribution in [0.5, 0.6) is 5.75 Å². The first-order chi connectivity index (χ1) is 13.1. The van der Waals surface area contributed by atoms with E-state index in [4.69, 9.17) is 0 Å². The van der Waals surface area contributed by atoms with Gasteiger partial charge in [-0.05, 0) is 38.0 Å². The summed E-state index contributed by atoms with van der Waals surface area (Å²) in [5.41, 5.74) is 1.10. The molecule has 2 aromatic rings. The van der Waals surface area contributed by atoms with Crippen molar-refractivity contribution in [2.75, 3.05) is 18.0 Å². The van der Waals surface area contributed by atoms with Crippen molar-refractivity contribution in [1.82, 2.24) is 14.7 Å². The summed E-state index contributed by atoms with van der Waals surface area (Å²) in [5, 5.41) is 0. The molecule has 0 bridgehead atoms. The van der Waals surface area contributed by atoms with Crippen LogP contribution in [0.4, 0.5) is 19.1 Å². The first kappa shape index (κ1) is 20.3. The van der Waals surface area contributed by atoms with E-state index in [0.29, 0.717) is 17.3 Å². The number of nitrogens with one attached hydrogen (secondary N) is 1. The predicted molar refractivity (Wildman–Crippen MR) is 95.4 cm³/mol. The predicted octanol–water partition coefficient (Wildman–Crippen LogP) is 2.76. The second kappa shape index (κ2) is 7.92. The number of ether oxygens (including phenoxy) is 1. The summed E-state index contributed by atoms with van der Waals surface area (Å²) in [6, 6.07) is 6.20. The number of aryl methyl sites for hydroxylation is 1. The number of anilines is 1. The average molecular weight is 416 g/mol. The molecule has 0 atom stereocenters. The standard InChI is InChI=1S/C17H19F3N4O3S/c1-12-10-13(23-16(22-12)24-8-4-5-9-24)11-21-28(25,26)15-7-3-2-6-14(15)27-17(18,19)20/h2-3,6-7,10,21H,4-5,8-9,11H2,1H3. The molecule has 28 heavy (non-hydrogen) atoms. The van der Waals surface area contributed by atoms with Crippen LogP contribution < -0.4 is 14.4 Å². The van der Waals surface area contributed by atoms with Crippen molar-refractivity contribution in [3.63, 3.8) is 0 Å². The Hall–Kier alpha value is -2.40. The van der Waals surface area contributed by atoms with E-state index in [1.165, 1.54) is 12.1 Å². The third-order valence-electron chi connectivity index (χ3n) is 4.09. The van der Waals surface area contributed by atoms with Gasteiger partial charge in [0.05, 0.1) is 12.2 Å². The van der Waals surface area contributed by atoms with Crippen LogP contribution in [0.1, 0.15) is 24.2 Å². The maximum absolute atomic E-state index is 12.5. The first-order valence-electron chi connectivity index (χ1n) is 8.58. The Morgan fingerprint density at radius 3 is 2.54 bits per heavy atom. The van der Waals surface area contributed by atoms with Crippen molar-refractivity contribution < 1.29 is 26.3 Å². The number of sulfonamides is 1. The number of rotatable bonds is 6. The number of hydrogen-bond acceptors (Lipinski definition) is 6. The smallest absolute Gasteiger partial charge is 0.404 e. The Morgan fingerprint density at radius 1 is 1.18 bits per heavy atom. The molecule has 2 heterocycles. The number of para-hydroxylation sites is 1. The van der Waals surface area contributed by atoms with Crippen LogP contribution in [-0.4, -0.2) is 37.8 Å². The van der Waals surface area contributed by atoms with E-state index in [1.54, 1.807) is 13.0 Å². The minimum atomic E-state index is -5.00. The van der Waals surface area contributed by atoms with Crippen LogP contribution in [0.25, 0.3) is 0 Å². The lowest BCUT2D eigenvalue weighted by molar-refractivity contribution is -0.275. The van der Waals surface area contributed by atoms with Gasteiger partial charge in [0.2, 0.25) is 16.0 Å². The molecule has 1 aliphatic heterocycles. The van der Waals surface area contributed by atoms with Crippen molar-refractivity contribution in [2.24, 2.45) is 0 Å². The summed E-state index contributed by atoms with van der Waals surface area (Å²) >= 11 is 0. The third kappa shape index (κ3) is 5.10. The van der Waals surface area contributed by atoms with Crippen molar-refractivity contribution >= 4 is 16.0 Å². The summed E-state index contributed by atoms with van der Waals surface area (Å²) in [6.07, 6.45) is -2.93. The zero-order valence-electron chi connectivity index (χ0n) is 15.0. The van der Waals surface area contributed by atoms with Gasteiger partial charge in [0.1, 0.15) is 10.6 Å². The fourth-order valence-corrected chi connectivity index (χ4v) is 4.02. The van der Waals surface area contributed by atoms with Crippen LogP contribution in [0.3, 0.4) is 0 Å². The largest absolute Gasteiger partial charge is 0.573 e. The molecule has 0 spiro atoms. The van der Waals surface area contributed by atoms with Crippen molar-refractivity contribution in [2.45, 2.75) is 37.6 Å². The van der Waals surface area contributed by atoms with Gasteiger partial charge in [-0.1, -0.05) is 12.1 Å². The molecular weight excluding hydrogens is 397 g/mol. The Kier molecular flexibility index (Phi) is 5.75. The van der Waals surface area contributed by atoms with E-state index >= 15 is 0 Å². The van der Waals surface area contributed by atoms with Gasteiger partial charge in [-0.15, -0.1) is 13.2 Å². The Bertz CT molecular complexity index is 945. The molecule has 11 heteroatoms. The lowest BCUT2D eigenvalue weighted by Gasteiger charge is -2.17. The van der Waals surface area contributed by atoms with Crippen LogP contribution in [0, 0.1) is 6.92 Å². The second-order valence-electron chi connectivity index (χ2n) is 6.31. The van der Waals surface area contributed by atoms with Gasteiger partial charge in [-0.2, -0.15) is 0 Å². The number of benzene rings is 1. The second-order valence-corrected chi connectivity index (χ2v) is 8.05. The summed E-state index contributed by atoms with van der Waals surface area (Å²) < 4.78 is 68.8. The fraction of sp³-hybridized carbons (Fsp3) is 0.412. The van der Waals surface area contributed by atoms with E-state index < -0.39 is 27.0 Å². The summed E-state index contributed by atoms with van der Waals surface area (Å²) in [7, 11) is -4.26. The van der Waals surface area contributed by atoms with Crippen LogP contribution in [0.2, 0.25) is 0 Å². The van der Waals surface area contributed by atoms with E-state index in [9.17, 15) is 21.6 Å². The maximum Gasteiger partial charge on any atom is 0.573 e. The highest BCUT2D eigenvalue weighted by atomic mass is 32.2. The molecule has 152 valence electrons. The monoisotopic (exact) mass is 416 g/mol. The normalized spacial score (nSPS) is 15.1. The average Bonchev–Trinajstić information content (AvgIpc) is 3.13. The molecular formula is C17H19F3N4O3S. The van der Waals surface area contributed by atoms with Crippen LogP contribution >= 0.6 is 0 Å². The Morgan fingerprint density at radius 2 is 1.86 bits per heavy atom. The van der Waals surface area contributed by atoms with Gasteiger partial charge in [0, 0.05) is 18.8 Å². The molecule has 7 nitrogen and oxygen atoms in total. The SMILES string of the molecule is Cc1cc(CNS(=O)(=O)c2ccccc2OC(F)(F)F)nc(N2CCCC2)n1. The van der Waals surface area contributed by atoms with E-state index in [1.807, 2.05) is 4.90 Å². The van der Waals surface area contributed by atoms with Gasteiger partial charge in [-0.25, -0.2) is 23.1 Å². The number of aromatic nitrogens is 2. The highest BCUT2D eigenvalue weighted by Gasteiger charge is 2.34. The molecule has 1 aromatic heterocycles. The number of nitrogens with zero attached hydrogens (tertiary/aromatic N) is 3. The summed E-state index contributed by atoms with van der Waals surface area (Å²) in [5.74, 6) is -0.272. The van der Waals surface area contributed by atoms with Gasteiger partial charge in [0.15, 0.2) is 0 Å². The van der Waals surface area contributed by atoms with E-state index in [-0.39, 0.29) is 6.54 Å². The molecule has 3 rings (SSSR count). The molecule has 0 amide bonds. The Balaban J connectivity index is 1.79. The minimum absolute atomic E-state index is 0.188. The van der Waals surface area contributed by atoms with Gasteiger partial charge in [0.25, 0.3) is 0 Å². The fourth-order valence-electron chi connectivity index (χ4n) is 2.89. The van der Waals surface area contributed by atoms with E-state index in [2.05, 4.69) is 19.4 Å². The molecule has 1 N–H and O–H groups in total. The van der Waals surface area contributed by atoms with Crippen LogP contribution in [-0.2, 0) is 16.6 Å². The summed E-state index contributed by atoms with van der Waals surface area (Å²) in [6.45, 7) is 3.24. The van der Waals surface area contributed by atoms with E-state index in [0.717, 1.165) is 38.1 Å². The number of hydrogen-bond donors (Lipinski definition) is 1. The van der Waals surface area contributed by atoms with Crippen molar-refractivity contribution in [3.8, 4) is 5.75 Å². The zero-order chi connectivity index (χ0) is 20.4. The van der Waals surface area contributed by atoms with Gasteiger partial charge >= 0.3 is 6.36 Å². The zero-order valence-corrected chi connectivity index (χ0v) is 15.8. The van der Waals surface area contributed by atoms with Gasteiger partial charge < -0.3 is 9.64 Å².